The topological polar surface area (TPSA) is 47.0 Å². The molecule has 4 heteroatoms. The summed E-state index contributed by atoms with van der Waals surface area (Å²) in [7, 11) is 0. The monoisotopic (exact) mass is 221 g/mol. The minimum Gasteiger partial charge on any atom is -0.474 e. The molecule has 1 N–H and O–H groups in total. The molecule has 16 heavy (non-hydrogen) atoms. The zero-order valence-corrected chi connectivity index (χ0v) is 9.94. The third-order valence-electron chi connectivity index (χ3n) is 2.73. The molecule has 0 spiro atoms. The molecule has 1 heterocycles. The molecule has 1 unspecified atom stereocenters. The lowest BCUT2D eigenvalue weighted by atomic mass is 10.3. The lowest BCUT2D eigenvalue weighted by Gasteiger charge is -2.11. The Bertz CT molecular complexity index is 322. The normalized spacial score (nSPS) is 17.1. The SMILES string of the molecule is CCC(C)Oc1cnc(CNC2CC2)cn1. The molecule has 88 valence electrons. The maximum Gasteiger partial charge on any atom is 0.232 e. The van der Waals surface area contributed by atoms with Crippen LogP contribution in [0.1, 0.15) is 38.8 Å². The number of hydrogen-bond donors (Lipinski definition) is 1. The Labute approximate surface area is 96.4 Å². The van der Waals surface area contributed by atoms with E-state index in [-0.39, 0.29) is 6.10 Å². The van der Waals surface area contributed by atoms with E-state index in [1.165, 1.54) is 12.8 Å². The largest absolute Gasteiger partial charge is 0.474 e. The van der Waals surface area contributed by atoms with Gasteiger partial charge in [0.1, 0.15) is 0 Å². The summed E-state index contributed by atoms with van der Waals surface area (Å²) in [5.41, 5.74) is 0.975. The molecule has 2 rings (SSSR count). The first-order valence-corrected chi connectivity index (χ1v) is 5.99. The van der Waals surface area contributed by atoms with E-state index >= 15 is 0 Å². The summed E-state index contributed by atoms with van der Waals surface area (Å²) in [6, 6.07) is 0.706. The summed E-state index contributed by atoms with van der Waals surface area (Å²) < 4.78 is 5.56. The number of nitrogens with one attached hydrogen (secondary N) is 1. The predicted octanol–water partition coefficient (Wildman–Crippen LogP) is 1.91. The summed E-state index contributed by atoms with van der Waals surface area (Å²) in [6.07, 6.45) is 7.26. The highest BCUT2D eigenvalue weighted by molar-refractivity contribution is 5.07. The molecule has 1 aromatic rings. The lowest BCUT2D eigenvalue weighted by molar-refractivity contribution is 0.207. The predicted molar refractivity (Wildman–Crippen MR) is 62.3 cm³/mol. The number of aromatic nitrogens is 2. The van der Waals surface area contributed by atoms with Gasteiger partial charge in [0.25, 0.3) is 0 Å². The minimum absolute atomic E-state index is 0.199. The molecule has 1 atom stereocenters. The van der Waals surface area contributed by atoms with Gasteiger partial charge in [0.2, 0.25) is 5.88 Å². The average Bonchev–Trinajstić information content (AvgIpc) is 3.12. The van der Waals surface area contributed by atoms with Crippen LogP contribution in [0.3, 0.4) is 0 Å². The molecule has 1 aliphatic carbocycles. The van der Waals surface area contributed by atoms with Crippen molar-refractivity contribution in [3.8, 4) is 5.88 Å². The van der Waals surface area contributed by atoms with Crippen LogP contribution in [-0.4, -0.2) is 22.1 Å². The fourth-order valence-electron chi connectivity index (χ4n) is 1.32. The third-order valence-corrected chi connectivity index (χ3v) is 2.73. The zero-order valence-electron chi connectivity index (χ0n) is 9.94. The number of nitrogens with zero attached hydrogens (tertiary/aromatic N) is 2. The molecule has 0 radical (unpaired) electrons. The molecule has 1 aromatic heterocycles. The van der Waals surface area contributed by atoms with E-state index < -0.39 is 0 Å². The van der Waals surface area contributed by atoms with Crippen molar-refractivity contribution in [1.82, 2.24) is 15.3 Å². The third kappa shape index (κ3) is 3.45. The Morgan fingerprint density at radius 1 is 1.44 bits per heavy atom. The summed E-state index contributed by atoms with van der Waals surface area (Å²) in [5, 5.41) is 3.40. The summed E-state index contributed by atoms with van der Waals surface area (Å²) in [4.78, 5) is 8.56. The Balaban J connectivity index is 1.82. The van der Waals surface area contributed by atoms with Crippen molar-refractivity contribution in [2.75, 3.05) is 0 Å². The number of hydrogen-bond acceptors (Lipinski definition) is 4. The smallest absolute Gasteiger partial charge is 0.232 e. The second kappa shape index (κ2) is 5.25. The van der Waals surface area contributed by atoms with Crippen LogP contribution in [-0.2, 0) is 6.54 Å². The first-order valence-electron chi connectivity index (χ1n) is 5.99. The zero-order chi connectivity index (χ0) is 11.4. The van der Waals surface area contributed by atoms with Crippen LogP contribution in [0.5, 0.6) is 5.88 Å². The standard InChI is InChI=1S/C12H19N3O/c1-3-9(2)16-12-8-14-11(7-15-12)6-13-10-4-5-10/h7-10,13H,3-6H2,1-2H3. The maximum atomic E-state index is 5.56. The van der Waals surface area contributed by atoms with Gasteiger partial charge in [-0.2, -0.15) is 0 Å². The molecule has 1 aliphatic rings. The highest BCUT2D eigenvalue weighted by atomic mass is 16.5. The Hall–Kier alpha value is -1.16. The minimum atomic E-state index is 0.199. The van der Waals surface area contributed by atoms with Crippen molar-refractivity contribution in [3.63, 3.8) is 0 Å². The van der Waals surface area contributed by atoms with Crippen molar-refractivity contribution in [2.45, 2.75) is 51.8 Å². The Morgan fingerprint density at radius 3 is 2.81 bits per heavy atom. The van der Waals surface area contributed by atoms with Gasteiger partial charge in [0.05, 0.1) is 24.2 Å². The van der Waals surface area contributed by atoms with Gasteiger partial charge >= 0.3 is 0 Å². The fraction of sp³-hybridized carbons (Fsp3) is 0.667. The van der Waals surface area contributed by atoms with E-state index in [0.29, 0.717) is 11.9 Å². The van der Waals surface area contributed by atoms with Crippen LogP contribution >= 0.6 is 0 Å². The van der Waals surface area contributed by atoms with Crippen LogP contribution in [0.25, 0.3) is 0 Å². The average molecular weight is 221 g/mol. The van der Waals surface area contributed by atoms with Crippen LogP contribution < -0.4 is 10.1 Å². The molecule has 4 nitrogen and oxygen atoms in total. The molecular formula is C12H19N3O. The van der Waals surface area contributed by atoms with Crippen molar-refractivity contribution in [2.24, 2.45) is 0 Å². The molecule has 1 fully saturated rings. The molecule has 1 saturated carbocycles. The quantitative estimate of drug-likeness (QED) is 0.797. The molecule has 0 amide bonds. The Morgan fingerprint density at radius 2 is 2.25 bits per heavy atom. The second-order valence-corrected chi connectivity index (χ2v) is 4.34. The van der Waals surface area contributed by atoms with E-state index in [4.69, 9.17) is 4.74 Å². The van der Waals surface area contributed by atoms with Crippen molar-refractivity contribution >= 4 is 0 Å². The second-order valence-electron chi connectivity index (χ2n) is 4.34. The number of rotatable bonds is 6. The molecule has 0 aromatic carbocycles. The van der Waals surface area contributed by atoms with Gasteiger partial charge in [-0.1, -0.05) is 6.92 Å². The molecular weight excluding hydrogens is 202 g/mol. The van der Waals surface area contributed by atoms with Crippen LogP contribution in [0.4, 0.5) is 0 Å². The van der Waals surface area contributed by atoms with Gasteiger partial charge < -0.3 is 10.1 Å². The van der Waals surface area contributed by atoms with Gasteiger partial charge in [-0.3, -0.25) is 4.98 Å². The van der Waals surface area contributed by atoms with E-state index in [9.17, 15) is 0 Å². The van der Waals surface area contributed by atoms with Crippen molar-refractivity contribution in [3.05, 3.63) is 18.1 Å². The highest BCUT2D eigenvalue weighted by Crippen LogP contribution is 2.19. The van der Waals surface area contributed by atoms with Gasteiger partial charge in [-0.25, -0.2) is 4.98 Å². The van der Waals surface area contributed by atoms with E-state index in [1.807, 2.05) is 6.92 Å². The van der Waals surface area contributed by atoms with E-state index in [0.717, 1.165) is 18.7 Å². The van der Waals surface area contributed by atoms with Crippen molar-refractivity contribution in [1.29, 1.82) is 0 Å². The molecule has 0 saturated heterocycles. The van der Waals surface area contributed by atoms with E-state index in [1.54, 1.807) is 12.4 Å². The highest BCUT2D eigenvalue weighted by Gasteiger charge is 2.20. The first kappa shape index (κ1) is 11.3. The fourth-order valence-corrected chi connectivity index (χ4v) is 1.32. The van der Waals surface area contributed by atoms with Crippen LogP contribution in [0.15, 0.2) is 12.4 Å². The van der Waals surface area contributed by atoms with Crippen molar-refractivity contribution < 1.29 is 4.74 Å². The first-order chi connectivity index (χ1) is 7.78. The summed E-state index contributed by atoms with van der Waals surface area (Å²) >= 11 is 0. The van der Waals surface area contributed by atoms with Crippen LogP contribution in [0.2, 0.25) is 0 Å². The van der Waals surface area contributed by atoms with Gasteiger partial charge in [-0.05, 0) is 26.2 Å². The number of ether oxygens (including phenoxy) is 1. The lowest BCUT2D eigenvalue weighted by Crippen LogP contribution is -2.17. The van der Waals surface area contributed by atoms with Crippen LogP contribution in [0, 0.1) is 0 Å². The maximum absolute atomic E-state index is 5.56. The Kier molecular flexibility index (Phi) is 3.72. The van der Waals surface area contributed by atoms with Gasteiger partial charge in [0, 0.05) is 12.6 Å². The molecule has 0 bridgehead atoms. The van der Waals surface area contributed by atoms with Gasteiger partial charge in [-0.15, -0.1) is 0 Å². The summed E-state index contributed by atoms with van der Waals surface area (Å²) in [6.45, 7) is 4.93. The van der Waals surface area contributed by atoms with Gasteiger partial charge in [0.15, 0.2) is 0 Å². The van der Waals surface area contributed by atoms with E-state index in [2.05, 4.69) is 22.2 Å². The molecule has 0 aliphatic heterocycles. The summed E-state index contributed by atoms with van der Waals surface area (Å²) in [5.74, 6) is 0.615.